The van der Waals surface area contributed by atoms with Gasteiger partial charge in [0.1, 0.15) is 5.75 Å². The molecule has 2 nitrogen and oxygen atoms in total. The Bertz CT molecular complexity index is 623. The molecule has 1 aliphatic rings. The molecular weight excluding hydrogens is 282 g/mol. The molecule has 3 rings (SSSR count). The molecule has 0 N–H and O–H groups in total. The lowest BCUT2D eigenvalue weighted by Gasteiger charge is -2.35. The van der Waals surface area contributed by atoms with Gasteiger partial charge in [-0.15, -0.1) is 0 Å². The minimum absolute atomic E-state index is 0.634. The van der Waals surface area contributed by atoms with E-state index in [-0.39, 0.29) is 0 Å². The van der Waals surface area contributed by atoms with Gasteiger partial charge in [-0.05, 0) is 55.0 Å². The second kappa shape index (κ2) is 7.65. The number of benzene rings is 2. The maximum atomic E-state index is 5.54. The topological polar surface area (TPSA) is 12.5 Å². The zero-order valence-electron chi connectivity index (χ0n) is 14.3. The van der Waals surface area contributed by atoms with Gasteiger partial charge >= 0.3 is 0 Å². The highest BCUT2D eigenvalue weighted by molar-refractivity contribution is 5.42. The molecule has 0 bridgehead atoms. The Morgan fingerprint density at radius 2 is 1.91 bits per heavy atom. The predicted octanol–water partition coefficient (Wildman–Crippen LogP) is 4.46. The lowest BCUT2D eigenvalue weighted by atomic mass is 9.86. The van der Waals surface area contributed by atoms with Crippen molar-refractivity contribution >= 4 is 0 Å². The molecule has 2 heteroatoms. The zero-order valence-corrected chi connectivity index (χ0v) is 14.3. The van der Waals surface area contributed by atoms with Gasteiger partial charge in [-0.1, -0.05) is 49.4 Å². The van der Waals surface area contributed by atoms with Crippen LogP contribution in [-0.4, -0.2) is 24.6 Å². The fraction of sp³-hybridized carbons (Fsp3) is 0.429. The van der Waals surface area contributed by atoms with Crippen molar-refractivity contribution in [3.05, 3.63) is 65.2 Å². The summed E-state index contributed by atoms with van der Waals surface area (Å²) in [6.07, 6.45) is 4.69. The second-order valence-electron chi connectivity index (χ2n) is 6.45. The molecule has 0 saturated heterocycles. The Labute approximate surface area is 140 Å². The largest absolute Gasteiger partial charge is 0.496 e. The molecule has 2 aromatic rings. The normalized spacial score (nSPS) is 17.1. The molecule has 23 heavy (non-hydrogen) atoms. The van der Waals surface area contributed by atoms with Gasteiger partial charge < -0.3 is 4.74 Å². The Hall–Kier alpha value is -1.80. The third kappa shape index (κ3) is 3.76. The number of ether oxygens (including phenoxy) is 1. The first kappa shape index (κ1) is 16.1. The molecule has 1 aliphatic carbocycles. The van der Waals surface area contributed by atoms with E-state index in [9.17, 15) is 0 Å². The fourth-order valence-electron chi connectivity index (χ4n) is 3.75. The second-order valence-corrected chi connectivity index (χ2v) is 6.45. The zero-order chi connectivity index (χ0) is 16.1. The smallest absolute Gasteiger partial charge is 0.122 e. The van der Waals surface area contributed by atoms with Gasteiger partial charge in [-0.25, -0.2) is 0 Å². The van der Waals surface area contributed by atoms with E-state index in [4.69, 9.17) is 4.74 Å². The summed E-state index contributed by atoms with van der Waals surface area (Å²) in [5.74, 6) is 1.06. The molecule has 0 fully saturated rings. The van der Waals surface area contributed by atoms with Gasteiger partial charge in [0.15, 0.2) is 0 Å². The lowest BCUT2D eigenvalue weighted by Crippen LogP contribution is -2.39. The van der Waals surface area contributed by atoms with Crippen molar-refractivity contribution in [1.29, 1.82) is 0 Å². The van der Waals surface area contributed by atoms with E-state index >= 15 is 0 Å². The first-order valence-electron chi connectivity index (χ1n) is 8.74. The average Bonchev–Trinajstić information content (AvgIpc) is 2.61. The number of methoxy groups -OCH3 is 1. The summed E-state index contributed by atoms with van der Waals surface area (Å²) in [5.41, 5.74) is 4.30. The van der Waals surface area contributed by atoms with Gasteiger partial charge in [0.05, 0.1) is 7.11 Å². The quantitative estimate of drug-likeness (QED) is 0.781. The predicted molar refractivity (Wildman–Crippen MR) is 96.0 cm³/mol. The number of nitrogens with zero attached hydrogens (tertiary/aromatic N) is 1. The summed E-state index contributed by atoms with van der Waals surface area (Å²) in [4.78, 5) is 2.66. The van der Waals surface area contributed by atoms with Crippen LogP contribution in [0.15, 0.2) is 48.5 Å². The van der Waals surface area contributed by atoms with Crippen molar-refractivity contribution in [3.8, 4) is 5.75 Å². The maximum absolute atomic E-state index is 5.54. The molecule has 0 heterocycles. The molecule has 0 unspecified atom stereocenters. The van der Waals surface area contributed by atoms with Crippen LogP contribution in [0.4, 0.5) is 0 Å². The molecule has 2 aromatic carbocycles. The van der Waals surface area contributed by atoms with E-state index in [0.717, 1.165) is 25.1 Å². The van der Waals surface area contributed by atoms with Crippen molar-refractivity contribution in [2.75, 3.05) is 13.7 Å². The van der Waals surface area contributed by atoms with E-state index in [2.05, 4.69) is 60.4 Å². The number of rotatable bonds is 6. The van der Waals surface area contributed by atoms with Crippen LogP contribution in [-0.2, 0) is 19.4 Å². The van der Waals surface area contributed by atoms with Crippen LogP contribution in [0.25, 0.3) is 0 Å². The highest BCUT2D eigenvalue weighted by Gasteiger charge is 2.25. The number of fused-ring (bicyclic) bond motifs is 1. The van der Waals surface area contributed by atoms with E-state index < -0.39 is 0 Å². The van der Waals surface area contributed by atoms with Crippen LogP contribution in [0.3, 0.4) is 0 Å². The van der Waals surface area contributed by atoms with E-state index in [0.29, 0.717) is 6.04 Å². The summed E-state index contributed by atoms with van der Waals surface area (Å²) in [5, 5.41) is 0. The highest BCUT2D eigenvalue weighted by atomic mass is 16.5. The van der Waals surface area contributed by atoms with Crippen LogP contribution in [0.5, 0.6) is 5.75 Å². The van der Waals surface area contributed by atoms with Gasteiger partial charge in [0, 0.05) is 12.6 Å². The number of hydrogen-bond acceptors (Lipinski definition) is 2. The van der Waals surface area contributed by atoms with Crippen LogP contribution in [0.2, 0.25) is 0 Å². The van der Waals surface area contributed by atoms with Gasteiger partial charge in [0.25, 0.3) is 0 Å². The van der Waals surface area contributed by atoms with E-state index in [1.807, 2.05) is 0 Å². The summed E-state index contributed by atoms with van der Waals surface area (Å²) < 4.78 is 5.54. The minimum Gasteiger partial charge on any atom is -0.496 e. The van der Waals surface area contributed by atoms with Gasteiger partial charge in [0.2, 0.25) is 0 Å². The van der Waals surface area contributed by atoms with E-state index in [1.165, 1.54) is 36.1 Å². The van der Waals surface area contributed by atoms with Gasteiger partial charge in [-0.3, -0.25) is 4.90 Å². The van der Waals surface area contributed by atoms with Crippen molar-refractivity contribution < 1.29 is 4.74 Å². The third-order valence-electron chi connectivity index (χ3n) is 4.89. The van der Waals surface area contributed by atoms with Gasteiger partial charge in [-0.2, -0.15) is 0 Å². The Balaban J connectivity index is 1.76. The molecular formula is C21H27NO. The summed E-state index contributed by atoms with van der Waals surface area (Å²) >= 11 is 0. The summed E-state index contributed by atoms with van der Waals surface area (Å²) in [6.45, 7) is 4.50. The molecule has 0 saturated carbocycles. The first-order chi connectivity index (χ1) is 11.3. The monoisotopic (exact) mass is 309 g/mol. The molecule has 0 amide bonds. The molecule has 0 aliphatic heterocycles. The van der Waals surface area contributed by atoms with Crippen LogP contribution < -0.4 is 4.74 Å². The van der Waals surface area contributed by atoms with Crippen molar-refractivity contribution in [2.45, 2.75) is 45.2 Å². The van der Waals surface area contributed by atoms with Crippen molar-refractivity contribution in [2.24, 2.45) is 0 Å². The maximum Gasteiger partial charge on any atom is 0.122 e. The lowest BCUT2D eigenvalue weighted by molar-refractivity contribution is 0.170. The molecule has 0 radical (unpaired) electrons. The van der Waals surface area contributed by atoms with Crippen molar-refractivity contribution in [3.63, 3.8) is 0 Å². The molecule has 1 atom stereocenters. The van der Waals surface area contributed by atoms with Crippen LogP contribution >= 0.6 is 0 Å². The molecule has 122 valence electrons. The van der Waals surface area contributed by atoms with Crippen LogP contribution in [0, 0.1) is 0 Å². The average molecular weight is 309 g/mol. The number of hydrogen-bond donors (Lipinski definition) is 0. The van der Waals surface area contributed by atoms with E-state index in [1.54, 1.807) is 7.11 Å². The van der Waals surface area contributed by atoms with Crippen LogP contribution in [0.1, 0.15) is 36.5 Å². The molecule has 0 aromatic heterocycles. The Morgan fingerprint density at radius 3 is 2.65 bits per heavy atom. The first-order valence-corrected chi connectivity index (χ1v) is 8.74. The SMILES string of the molecule is CCCN(Cc1ccccc1)[C@@H]1CCc2c(cccc2OC)C1. The highest BCUT2D eigenvalue weighted by Crippen LogP contribution is 2.31. The Morgan fingerprint density at radius 1 is 1.09 bits per heavy atom. The standard InChI is InChI=1S/C21H27NO/c1-3-14-22(16-17-8-5-4-6-9-17)19-12-13-20-18(15-19)10-7-11-21(20)23-2/h4-11,19H,3,12-16H2,1-2H3/t19-/m1/s1. The van der Waals surface area contributed by atoms with Crippen molar-refractivity contribution in [1.82, 2.24) is 4.90 Å². The fourth-order valence-corrected chi connectivity index (χ4v) is 3.75. The molecule has 0 spiro atoms. The minimum atomic E-state index is 0.634. The summed E-state index contributed by atoms with van der Waals surface area (Å²) in [7, 11) is 1.78. The third-order valence-corrected chi connectivity index (χ3v) is 4.89. The Kier molecular flexibility index (Phi) is 5.35. The summed E-state index contributed by atoms with van der Waals surface area (Å²) in [6, 6.07) is 18.0.